The van der Waals surface area contributed by atoms with Crippen LogP contribution in [0.3, 0.4) is 0 Å². The van der Waals surface area contributed by atoms with Gasteiger partial charge in [0.05, 0.1) is 12.2 Å². The maximum Gasteiger partial charge on any atom is 0.338 e. The first kappa shape index (κ1) is 9.00. The monoisotopic (exact) mass is 181 g/mol. The SMILES string of the molecule is CCOC(=O)c1cccc([S])c1. The maximum atomic E-state index is 11.1. The maximum absolute atomic E-state index is 11.1. The van der Waals surface area contributed by atoms with Crippen LogP contribution in [0.2, 0.25) is 0 Å². The lowest BCUT2D eigenvalue weighted by Gasteiger charge is -2.00. The van der Waals surface area contributed by atoms with Crippen LogP contribution >= 0.6 is 12.6 Å². The summed E-state index contributed by atoms with van der Waals surface area (Å²) in [5.41, 5.74) is 0.518. The number of carbonyl (C=O) groups is 1. The van der Waals surface area contributed by atoms with E-state index >= 15 is 0 Å². The molecule has 0 aromatic heterocycles. The highest BCUT2D eigenvalue weighted by molar-refractivity contribution is 7.80. The average Bonchev–Trinajstić information content (AvgIpc) is 2.05. The van der Waals surface area contributed by atoms with E-state index in [2.05, 4.69) is 0 Å². The van der Waals surface area contributed by atoms with Gasteiger partial charge in [-0.15, -0.1) is 0 Å². The molecule has 1 rings (SSSR count). The van der Waals surface area contributed by atoms with Crippen molar-refractivity contribution >= 4 is 18.6 Å². The van der Waals surface area contributed by atoms with E-state index in [1.54, 1.807) is 31.2 Å². The lowest BCUT2D eigenvalue weighted by atomic mass is 10.2. The Morgan fingerprint density at radius 2 is 2.33 bits per heavy atom. The summed E-state index contributed by atoms with van der Waals surface area (Å²) in [7, 11) is 0. The smallest absolute Gasteiger partial charge is 0.338 e. The normalized spacial score (nSPS) is 9.42. The standard InChI is InChI=1S/C9H9O2S/c1-2-11-9(10)7-4-3-5-8(12)6-7/h3-6H,2H2,1H3. The van der Waals surface area contributed by atoms with Crippen molar-refractivity contribution in [2.75, 3.05) is 6.61 Å². The lowest BCUT2D eigenvalue weighted by molar-refractivity contribution is 0.0526. The molecular formula is C9H9O2S. The van der Waals surface area contributed by atoms with Crippen molar-refractivity contribution in [2.24, 2.45) is 0 Å². The Labute approximate surface area is 77.0 Å². The van der Waals surface area contributed by atoms with Crippen LogP contribution in [0.1, 0.15) is 17.3 Å². The van der Waals surface area contributed by atoms with Crippen LogP contribution in [0.25, 0.3) is 0 Å². The first-order valence-electron chi connectivity index (χ1n) is 3.68. The Morgan fingerprint density at radius 3 is 2.92 bits per heavy atom. The lowest BCUT2D eigenvalue weighted by Crippen LogP contribution is -2.03. The molecule has 2 nitrogen and oxygen atoms in total. The molecule has 1 radical (unpaired) electrons. The van der Waals surface area contributed by atoms with Crippen molar-refractivity contribution in [1.29, 1.82) is 0 Å². The molecule has 0 aliphatic carbocycles. The Bertz CT molecular complexity index is 284. The molecule has 3 heteroatoms. The summed E-state index contributed by atoms with van der Waals surface area (Å²) in [6.45, 7) is 2.16. The Kier molecular flexibility index (Phi) is 3.05. The minimum atomic E-state index is -0.316. The van der Waals surface area contributed by atoms with Gasteiger partial charge in [0.2, 0.25) is 0 Å². The van der Waals surface area contributed by atoms with E-state index in [-0.39, 0.29) is 5.97 Å². The van der Waals surface area contributed by atoms with E-state index in [0.717, 1.165) is 0 Å². The number of rotatable bonds is 2. The van der Waals surface area contributed by atoms with Crippen molar-refractivity contribution in [3.8, 4) is 0 Å². The van der Waals surface area contributed by atoms with Gasteiger partial charge in [0.15, 0.2) is 0 Å². The van der Waals surface area contributed by atoms with E-state index in [0.29, 0.717) is 17.1 Å². The second-order valence-electron chi connectivity index (χ2n) is 2.25. The molecule has 63 valence electrons. The molecule has 1 aromatic carbocycles. The highest BCUT2D eigenvalue weighted by atomic mass is 32.1. The van der Waals surface area contributed by atoms with Crippen molar-refractivity contribution in [3.05, 3.63) is 29.8 Å². The van der Waals surface area contributed by atoms with Gasteiger partial charge >= 0.3 is 5.97 Å². The quantitative estimate of drug-likeness (QED) is 0.655. The summed E-state index contributed by atoms with van der Waals surface area (Å²) in [5.74, 6) is -0.316. The summed E-state index contributed by atoms with van der Waals surface area (Å²) in [6.07, 6.45) is 0. The second kappa shape index (κ2) is 4.07. The van der Waals surface area contributed by atoms with Gasteiger partial charge in [-0.3, -0.25) is 0 Å². The van der Waals surface area contributed by atoms with E-state index in [9.17, 15) is 4.79 Å². The van der Waals surface area contributed by atoms with E-state index in [1.807, 2.05) is 0 Å². The minimum Gasteiger partial charge on any atom is -0.462 e. The van der Waals surface area contributed by atoms with E-state index < -0.39 is 0 Å². The molecule has 0 spiro atoms. The molecule has 0 unspecified atom stereocenters. The van der Waals surface area contributed by atoms with Crippen LogP contribution in [-0.2, 0) is 4.74 Å². The fourth-order valence-corrected chi connectivity index (χ4v) is 1.04. The van der Waals surface area contributed by atoms with E-state index in [4.69, 9.17) is 17.4 Å². The summed E-state index contributed by atoms with van der Waals surface area (Å²) in [5, 5.41) is 0. The molecule has 1 aromatic rings. The number of ether oxygens (including phenoxy) is 1. The zero-order valence-corrected chi connectivity index (χ0v) is 7.56. The van der Waals surface area contributed by atoms with Crippen LogP contribution in [0, 0.1) is 0 Å². The van der Waals surface area contributed by atoms with Gasteiger partial charge in [-0.1, -0.05) is 18.7 Å². The third kappa shape index (κ3) is 2.20. The van der Waals surface area contributed by atoms with Crippen LogP contribution < -0.4 is 0 Å². The van der Waals surface area contributed by atoms with Crippen molar-refractivity contribution < 1.29 is 9.53 Å². The second-order valence-corrected chi connectivity index (χ2v) is 2.72. The third-order valence-electron chi connectivity index (χ3n) is 1.35. The number of hydrogen-bond donors (Lipinski definition) is 0. The molecule has 0 amide bonds. The van der Waals surface area contributed by atoms with Gasteiger partial charge in [-0.25, -0.2) is 4.79 Å². The molecule has 0 saturated carbocycles. The number of benzene rings is 1. The van der Waals surface area contributed by atoms with Gasteiger partial charge in [0.1, 0.15) is 0 Å². The van der Waals surface area contributed by atoms with Gasteiger partial charge in [0, 0.05) is 4.90 Å². The molecule has 0 aliphatic heterocycles. The topological polar surface area (TPSA) is 26.3 Å². The largest absolute Gasteiger partial charge is 0.462 e. The molecule has 0 heterocycles. The fourth-order valence-electron chi connectivity index (χ4n) is 0.838. The fraction of sp³-hybridized carbons (Fsp3) is 0.222. The first-order valence-corrected chi connectivity index (χ1v) is 4.09. The molecule has 0 saturated heterocycles. The predicted octanol–water partition coefficient (Wildman–Crippen LogP) is 2.42. The van der Waals surface area contributed by atoms with Crippen LogP contribution in [0.15, 0.2) is 29.2 Å². The van der Waals surface area contributed by atoms with Gasteiger partial charge in [-0.2, -0.15) is 0 Å². The highest BCUT2D eigenvalue weighted by Gasteiger charge is 2.04. The molecule has 12 heavy (non-hydrogen) atoms. The summed E-state index contributed by atoms with van der Waals surface area (Å²) >= 11 is 4.90. The number of esters is 1. The first-order chi connectivity index (χ1) is 5.74. The Morgan fingerprint density at radius 1 is 1.58 bits per heavy atom. The van der Waals surface area contributed by atoms with Crippen LogP contribution in [0.4, 0.5) is 0 Å². The zero-order chi connectivity index (χ0) is 8.97. The number of carbonyl (C=O) groups excluding carboxylic acids is 1. The number of hydrogen-bond acceptors (Lipinski definition) is 2. The molecular weight excluding hydrogens is 172 g/mol. The van der Waals surface area contributed by atoms with Crippen LogP contribution in [0.5, 0.6) is 0 Å². The van der Waals surface area contributed by atoms with Gasteiger partial charge in [-0.05, 0) is 25.1 Å². The molecule has 0 N–H and O–H groups in total. The van der Waals surface area contributed by atoms with Gasteiger partial charge < -0.3 is 4.74 Å². The van der Waals surface area contributed by atoms with Crippen molar-refractivity contribution in [2.45, 2.75) is 11.8 Å². The van der Waals surface area contributed by atoms with E-state index in [1.165, 1.54) is 0 Å². The third-order valence-corrected chi connectivity index (χ3v) is 1.60. The summed E-state index contributed by atoms with van der Waals surface area (Å²) < 4.78 is 4.80. The summed E-state index contributed by atoms with van der Waals surface area (Å²) in [6, 6.07) is 6.83. The van der Waals surface area contributed by atoms with Crippen molar-refractivity contribution in [1.82, 2.24) is 0 Å². The molecule has 0 fully saturated rings. The summed E-state index contributed by atoms with van der Waals surface area (Å²) in [4.78, 5) is 11.8. The minimum absolute atomic E-state index is 0.316. The molecule has 0 aliphatic rings. The van der Waals surface area contributed by atoms with Crippen LogP contribution in [-0.4, -0.2) is 12.6 Å². The highest BCUT2D eigenvalue weighted by Crippen LogP contribution is 2.09. The van der Waals surface area contributed by atoms with Crippen molar-refractivity contribution in [3.63, 3.8) is 0 Å². The molecule has 0 bridgehead atoms. The van der Waals surface area contributed by atoms with Gasteiger partial charge in [0.25, 0.3) is 0 Å². The average molecular weight is 181 g/mol. The predicted molar refractivity (Wildman–Crippen MR) is 48.3 cm³/mol. The Balaban J connectivity index is 2.81. The zero-order valence-electron chi connectivity index (χ0n) is 6.74. The molecule has 0 atom stereocenters. The Hall–Kier alpha value is -1.09.